The van der Waals surface area contributed by atoms with Crippen LogP contribution in [0.2, 0.25) is 0 Å². The second-order valence-corrected chi connectivity index (χ2v) is 4.27. The summed E-state index contributed by atoms with van der Waals surface area (Å²) >= 11 is 0. The Hall–Kier alpha value is -1.13. The summed E-state index contributed by atoms with van der Waals surface area (Å²) in [6.07, 6.45) is -0.633. The summed E-state index contributed by atoms with van der Waals surface area (Å²) in [5, 5.41) is 9.51. The fraction of sp³-hybridized carbons (Fsp3) is 0.538. The summed E-state index contributed by atoms with van der Waals surface area (Å²) in [5.41, 5.74) is 0.551. The largest absolute Gasteiger partial charge is 0.484 e. The van der Waals surface area contributed by atoms with Crippen molar-refractivity contribution in [3.63, 3.8) is 0 Å². The Bertz CT molecular complexity index is 394. The molecule has 1 aliphatic carbocycles. The first-order valence-electron chi connectivity index (χ1n) is 5.85. The first kappa shape index (κ1) is 12.3. The van der Waals surface area contributed by atoms with Crippen LogP contribution in [-0.4, -0.2) is 30.0 Å². The Morgan fingerprint density at radius 3 is 2.88 bits per heavy atom. The number of halogens is 1. The highest BCUT2D eigenvalue weighted by atomic mass is 19.1. The third-order valence-corrected chi connectivity index (χ3v) is 3.01. The molecule has 0 saturated heterocycles. The van der Waals surface area contributed by atoms with Gasteiger partial charge in [0.05, 0.1) is 6.10 Å². The molecule has 17 heavy (non-hydrogen) atoms. The van der Waals surface area contributed by atoms with Crippen molar-refractivity contribution < 1.29 is 19.0 Å². The van der Waals surface area contributed by atoms with Crippen LogP contribution in [-0.2, 0) is 4.74 Å². The molecule has 1 N–H and O–H groups in total. The van der Waals surface area contributed by atoms with Crippen LogP contribution >= 0.6 is 0 Å². The molecule has 3 nitrogen and oxygen atoms in total. The Morgan fingerprint density at radius 2 is 2.24 bits per heavy atom. The Labute approximate surface area is 100 Å². The second kappa shape index (κ2) is 5.02. The van der Waals surface area contributed by atoms with E-state index >= 15 is 0 Å². The number of ether oxygens (including phenoxy) is 2. The van der Waals surface area contributed by atoms with Crippen LogP contribution in [0, 0.1) is 12.7 Å². The van der Waals surface area contributed by atoms with Gasteiger partial charge in [-0.2, -0.15) is 0 Å². The maximum atomic E-state index is 13.7. The van der Waals surface area contributed by atoms with E-state index in [0.29, 0.717) is 18.6 Å². The molecule has 0 heterocycles. The third-order valence-electron chi connectivity index (χ3n) is 3.01. The lowest BCUT2D eigenvalue weighted by Crippen LogP contribution is -2.55. The zero-order valence-electron chi connectivity index (χ0n) is 10.0. The van der Waals surface area contributed by atoms with E-state index in [4.69, 9.17) is 9.47 Å². The number of benzene rings is 1. The van der Waals surface area contributed by atoms with Crippen LogP contribution in [0.4, 0.5) is 4.39 Å². The number of hydrogen-bond acceptors (Lipinski definition) is 3. The minimum absolute atomic E-state index is 0.228. The Balaban J connectivity index is 2.04. The van der Waals surface area contributed by atoms with Crippen LogP contribution in [0.1, 0.15) is 18.9 Å². The van der Waals surface area contributed by atoms with Crippen molar-refractivity contribution in [1.82, 2.24) is 0 Å². The van der Waals surface area contributed by atoms with Crippen molar-refractivity contribution in [3.05, 3.63) is 29.6 Å². The SMILES string of the molecule is CCOC1C(O)CC1Oc1cccc(C)c1F. The monoisotopic (exact) mass is 240 g/mol. The number of aliphatic hydroxyl groups excluding tert-OH is 1. The minimum atomic E-state index is -0.507. The summed E-state index contributed by atoms with van der Waals surface area (Å²) in [6, 6.07) is 5.03. The van der Waals surface area contributed by atoms with Crippen molar-refractivity contribution >= 4 is 0 Å². The first-order chi connectivity index (χ1) is 8.13. The average Bonchev–Trinajstić information content (AvgIpc) is 2.31. The molecule has 0 radical (unpaired) electrons. The van der Waals surface area contributed by atoms with Gasteiger partial charge in [-0.15, -0.1) is 0 Å². The summed E-state index contributed by atoms with van der Waals surface area (Å²) in [5.74, 6) is -0.115. The molecule has 2 rings (SSSR count). The van der Waals surface area contributed by atoms with Gasteiger partial charge in [0.2, 0.25) is 0 Å². The maximum Gasteiger partial charge on any atom is 0.167 e. The van der Waals surface area contributed by atoms with Crippen LogP contribution < -0.4 is 4.74 Å². The Kier molecular flexibility index (Phi) is 3.64. The van der Waals surface area contributed by atoms with Gasteiger partial charge in [-0.25, -0.2) is 4.39 Å². The van der Waals surface area contributed by atoms with Crippen LogP contribution in [0.25, 0.3) is 0 Å². The molecular weight excluding hydrogens is 223 g/mol. The van der Waals surface area contributed by atoms with E-state index in [-0.39, 0.29) is 23.8 Å². The normalized spacial score (nSPS) is 27.6. The standard InChI is InChI=1S/C13H17FO3/c1-3-16-13-9(15)7-11(13)17-10-6-4-5-8(2)12(10)14/h4-6,9,11,13,15H,3,7H2,1-2H3. The van der Waals surface area contributed by atoms with Gasteiger partial charge < -0.3 is 14.6 Å². The highest BCUT2D eigenvalue weighted by molar-refractivity contribution is 5.30. The zero-order chi connectivity index (χ0) is 12.4. The molecule has 1 aliphatic rings. The predicted octanol–water partition coefficient (Wildman–Crippen LogP) is 2.05. The molecule has 3 atom stereocenters. The number of hydrogen-bond donors (Lipinski definition) is 1. The number of rotatable bonds is 4. The molecule has 0 aliphatic heterocycles. The zero-order valence-corrected chi connectivity index (χ0v) is 10.0. The van der Waals surface area contributed by atoms with Gasteiger partial charge in [-0.05, 0) is 25.5 Å². The van der Waals surface area contributed by atoms with E-state index in [2.05, 4.69) is 0 Å². The molecule has 1 fully saturated rings. The van der Waals surface area contributed by atoms with Crippen molar-refractivity contribution in [3.8, 4) is 5.75 Å². The number of aliphatic hydroxyl groups is 1. The van der Waals surface area contributed by atoms with Crippen LogP contribution in [0.3, 0.4) is 0 Å². The smallest absolute Gasteiger partial charge is 0.167 e. The van der Waals surface area contributed by atoms with Gasteiger partial charge in [0.1, 0.15) is 12.2 Å². The van der Waals surface area contributed by atoms with Gasteiger partial charge >= 0.3 is 0 Å². The highest BCUT2D eigenvalue weighted by Crippen LogP contribution is 2.30. The molecule has 0 bridgehead atoms. The molecular formula is C13H17FO3. The van der Waals surface area contributed by atoms with E-state index in [1.54, 1.807) is 25.1 Å². The van der Waals surface area contributed by atoms with Gasteiger partial charge in [0.25, 0.3) is 0 Å². The van der Waals surface area contributed by atoms with Gasteiger partial charge in [-0.3, -0.25) is 0 Å². The van der Waals surface area contributed by atoms with Gasteiger partial charge in [-0.1, -0.05) is 12.1 Å². The van der Waals surface area contributed by atoms with E-state index in [1.807, 2.05) is 6.92 Å². The molecule has 0 amide bonds. The molecule has 94 valence electrons. The van der Waals surface area contributed by atoms with Crippen LogP contribution in [0.5, 0.6) is 5.75 Å². The van der Waals surface area contributed by atoms with Gasteiger partial charge in [0, 0.05) is 13.0 Å². The van der Waals surface area contributed by atoms with Crippen molar-refractivity contribution in [1.29, 1.82) is 0 Å². The van der Waals surface area contributed by atoms with Crippen molar-refractivity contribution in [2.24, 2.45) is 0 Å². The van der Waals surface area contributed by atoms with E-state index in [9.17, 15) is 9.50 Å². The topological polar surface area (TPSA) is 38.7 Å². The highest BCUT2D eigenvalue weighted by Gasteiger charge is 2.43. The summed E-state index contributed by atoms with van der Waals surface area (Å²) in [6.45, 7) is 4.06. The quantitative estimate of drug-likeness (QED) is 0.875. The lowest BCUT2D eigenvalue weighted by atomic mass is 9.88. The molecule has 1 aromatic rings. The van der Waals surface area contributed by atoms with Crippen molar-refractivity contribution in [2.75, 3.05) is 6.61 Å². The molecule has 0 aromatic heterocycles. The van der Waals surface area contributed by atoms with Crippen LogP contribution in [0.15, 0.2) is 18.2 Å². The molecule has 3 unspecified atom stereocenters. The van der Waals surface area contributed by atoms with Crippen molar-refractivity contribution in [2.45, 2.75) is 38.6 Å². The molecule has 4 heteroatoms. The minimum Gasteiger partial charge on any atom is -0.484 e. The molecule has 1 saturated carbocycles. The lowest BCUT2D eigenvalue weighted by Gasteiger charge is -2.40. The summed E-state index contributed by atoms with van der Waals surface area (Å²) in [4.78, 5) is 0. The second-order valence-electron chi connectivity index (χ2n) is 4.27. The fourth-order valence-electron chi connectivity index (χ4n) is 1.96. The van der Waals surface area contributed by atoms with E-state index in [0.717, 1.165) is 0 Å². The number of aryl methyl sites for hydroxylation is 1. The Morgan fingerprint density at radius 1 is 1.47 bits per heavy atom. The maximum absolute atomic E-state index is 13.7. The summed E-state index contributed by atoms with van der Waals surface area (Å²) in [7, 11) is 0. The van der Waals surface area contributed by atoms with E-state index in [1.165, 1.54) is 0 Å². The summed E-state index contributed by atoms with van der Waals surface area (Å²) < 4.78 is 24.6. The third kappa shape index (κ3) is 2.42. The van der Waals surface area contributed by atoms with Gasteiger partial charge in [0.15, 0.2) is 11.6 Å². The predicted molar refractivity (Wildman–Crippen MR) is 61.6 cm³/mol. The fourth-order valence-corrected chi connectivity index (χ4v) is 1.96. The van der Waals surface area contributed by atoms with E-state index < -0.39 is 6.10 Å². The first-order valence-corrected chi connectivity index (χ1v) is 5.85. The average molecular weight is 240 g/mol. The molecule has 0 spiro atoms. The molecule has 1 aromatic carbocycles. The lowest BCUT2D eigenvalue weighted by molar-refractivity contribution is -0.161.